The molecule has 1 aliphatic heterocycles. The van der Waals surface area contributed by atoms with Gasteiger partial charge in [0.1, 0.15) is 0 Å². The molecule has 1 heterocycles. The minimum Gasteiger partial charge on any atom is -0.493 e. The van der Waals surface area contributed by atoms with Crippen LogP contribution in [0.4, 0.5) is 5.69 Å². The number of carbonyl (C=O) groups is 3. The summed E-state index contributed by atoms with van der Waals surface area (Å²) in [6.45, 7) is 1.63. The van der Waals surface area contributed by atoms with E-state index in [-0.39, 0.29) is 30.0 Å². The molecule has 9 heteroatoms. The van der Waals surface area contributed by atoms with Crippen molar-refractivity contribution < 1.29 is 29.0 Å². The van der Waals surface area contributed by atoms with Gasteiger partial charge >= 0.3 is 5.97 Å². The first-order valence-electron chi connectivity index (χ1n) is 11.9. The Kier molecular flexibility index (Phi) is 7.68. The zero-order chi connectivity index (χ0) is 25.7. The van der Waals surface area contributed by atoms with Crippen LogP contribution in [0.15, 0.2) is 53.1 Å². The molecule has 2 aliphatic rings. The van der Waals surface area contributed by atoms with E-state index in [0.29, 0.717) is 34.0 Å². The Bertz CT molecular complexity index is 1210. The molecule has 1 aliphatic carbocycles. The van der Waals surface area contributed by atoms with Crippen LogP contribution in [-0.2, 0) is 9.59 Å². The third-order valence-electron chi connectivity index (χ3n) is 6.25. The Hall–Kier alpha value is -4.14. The van der Waals surface area contributed by atoms with Gasteiger partial charge < -0.3 is 19.9 Å². The molecule has 9 nitrogen and oxygen atoms in total. The lowest BCUT2D eigenvalue weighted by atomic mass is 9.95. The lowest BCUT2D eigenvalue weighted by Crippen LogP contribution is -2.39. The second-order valence-corrected chi connectivity index (χ2v) is 8.81. The molecule has 2 aromatic rings. The number of anilines is 1. The summed E-state index contributed by atoms with van der Waals surface area (Å²) in [5, 5.41) is 17.7. The van der Waals surface area contributed by atoms with Gasteiger partial charge in [0, 0.05) is 6.04 Å². The van der Waals surface area contributed by atoms with Crippen LogP contribution in [0.5, 0.6) is 11.5 Å². The van der Waals surface area contributed by atoms with Crippen LogP contribution in [0, 0.1) is 0 Å². The minimum absolute atomic E-state index is 0.104. The molecule has 1 fully saturated rings. The van der Waals surface area contributed by atoms with Crippen molar-refractivity contribution in [3.63, 3.8) is 0 Å². The number of hydrogen-bond acceptors (Lipinski definition) is 6. The Morgan fingerprint density at radius 1 is 1.11 bits per heavy atom. The summed E-state index contributed by atoms with van der Waals surface area (Å²) in [6, 6.07) is 11.4. The van der Waals surface area contributed by atoms with E-state index in [2.05, 4.69) is 10.4 Å². The predicted molar refractivity (Wildman–Crippen MR) is 135 cm³/mol. The molecule has 0 bridgehead atoms. The number of methoxy groups -OCH3 is 1. The number of aromatic carboxylic acids is 1. The van der Waals surface area contributed by atoms with Crippen molar-refractivity contribution in [1.29, 1.82) is 0 Å². The van der Waals surface area contributed by atoms with E-state index in [1.807, 2.05) is 0 Å². The van der Waals surface area contributed by atoms with E-state index in [4.69, 9.17) is 14.6 Å². The van der Waals surface area contributed by atoms with E-state index >= 15 is 0 Å². The highest BCUT2D eigenvalue weighted by atomic mass is 16.5. The average Bonchev–Trinajstić information content (AvgIpc) is 3.16. The first-order valence-corrected chi connectivity index (χ1v) is 11.9. The van der Waals surface area contributed by atoms with Gasteiger partial charge in [-0.25, -0.2) is 4.79 Å². The molecule has 2 amide bonds. The van der Waals surface area contributed by atoms with Gasteiger partial charge in [-0.05, 0) is 67.8 Å². The average molecular weight is 492 g/mol. The molecule has 0 atom stereocenters. The van der Waals surface area contributed by atoms with Crippen molar-refractivity contribution in [2.45, 2.75) is 45.1 Å². The summed E-state index contributed by atoms with van der Waals surface area (Å²) in [5.41, 5.74) is 2.23. The predicted octanol–water partition coefficient (Wildman–Crippen LogP) is 4.03. The zero-order valence-corrected chi connectivity index (χ0v) is 20.3. The number of benzene rings is 2. The number of amides is 2. The number of carboxylic acids is 1. The fourth-order valence-corrected chi connectivity index (χ4v) is 4.32. The maximum absolute atomic E-state index is 13.0. The van der Waals surface area contributed by atoms with Gasteiger partial charge in [0.15, 0.2) is 18.1 Å². The zero-order valence-electron chi connectivity index (χ0n) is 20.3. The molecule has 188 valence electrons. The first kappa shape index (κ1) is 25.0. The maximum atomic E-state index is 13.0. The fourth-order valence-electron chi connectivity index (χ4n) is 4.32. The van der Waals surface area contributed by atoms with E-state index in [9.17, 15) is 14.4 Å². The molecule has 0 spiro atoms. The Morgan fingerprint density at radius 3 is 2.50 bits per heavy atom. The van der Waals surface area contributed by atoms with Crippen molar-refractivity contribution in [2.75, 3.05) is 18.7 Å². The molecule has 1 saturated carbocycles. The van der Waals surface area contributed by atoms with Crippen LogP contribution < -0.4 is 19.8 Å². The summed E-state index contributed by atoms with van der Waals surface area (Å²) < 4.78 is 11.1. The number of carboxylic acid groups (broad SMARTS) is 1. The van der Waals surface area contributed by atoms with Gasteiger partial charge in [-0.1, -0.05) is 25.3 Å². The number of rotatable bonds is 8. The molecule has 36 heavy (non-hydrogen) atoms. The fraction of sp³-hybridized carbons (Fsp3) is 0.333. The van der Waals surface area contributed by atoms with Crippen LogP contribution in [0.2, 0.25) is 0 Å². The number of nitrogens with one attached hydrogen (secondary N) is 1. The Labute approximate surface area is 209 Å². The standard InChI is InChI=1S/C27H29N3O6/c1-17-22(26(32)30(29-17)21-11-9-19(10-12-21)27(33)34)14-18-8-13-23(24(15-18)35-2)36-16-25(31)28-20-6-4-3-5-7-20/h8-15,20H,3-7,16H2,1-2H3,(H,28,31)(H,33,34). The van der Waals surface area contributed by atoms with Crippen LogP contribution >= 0.6 is 0 Å². The highest BCUT2D eigenvalue weighted by Crippen LogP contribution is 2.31. The second kappa shape index (κ2) is 11.1. The van der Waals surface area contributed by atoms with Crippen molar-refractivity contribution in [2.24, 2.45) is 5.10 Å². The number of ether oxygens (including phenoxy) is 2. The van der Waals surface area contributed by atoms with Crippen molar-refractivity contribution >= 4 is 35.3 Å². The number of hydrazone groups is 1. The summed E-state index contributed by atoms with van der Waals surface area (Å²) in [5.74, 6) is -0.650. The lowest BCUT2D eigenvalue weighted by molar-refractivity contribution is -0.124. The van der Waals surface area contributed by atoms with E-state index in [1.165, 1.54) is 30.7 Å². The van der Waals surface area contributed by atoms with Gasteiger partial charge in [0.25, 0.3) is 11.8 Å². The molecular weight excluding hydrogens is 462 g/mol. The van der Waals surface area contributed by atoms with Crippen LogP contribution in [-0.4, -0.2) is 48.4 Å². The van der Waals surface area contributed by atoms with Crippen LogP contribution in [0.3, 0.4) is 0 Å². The molecule has 0 unspecified atom stereocenters. The number of nitrogens with zero attached hydrogens (tertiary/aromatic N) is 2. The number of hydrogen-bond donors (Lipinski definition) is 2. The lowest BCUT2D eigenvalue weighted by Gasteiger charge is -2.22. The van der Waals surface area contributed by atoms with Crippen LogP contribution in [0.1, 0.15) is 54.9 Å². The third-order valence-corrected chi connectivity index (χ3v) is 6.25. The Morgan fingerprint density at radius 2 is 1.83 bits per heavy atom. The molecule has 2 aromatic carbocycles. The number of carbonyl (C=O) groups excluding carboxylic acids is 2. The monoisotopic (exact) mass is 491 g/mol. The van der Waals surface area contributed by atoms with Crippen molar-refractivity contribution in [3.05, 3.63) is 59.2 Å². The van der Waals surface area contributed by atoms with Gasteiger partial charge in [-0.15, -0.1) is 0 Å². The van der Waals surface area contributed by atoms with Crippen molar-refractivity contribution in [3.8, 4) is 11.5 Å². The van der Waals surface area contributed by atoms with Gasteiger partial charge in [0.05, 0.1) is 29.6 Å². The largest absolute Gasteiger partial charge is 0.493 e. The first-order chi connectivity index (χ1) is 17.4. The smallest absolute Gasteiger partial charge is 0.335 e. The molecule has 2 N–H and O–H groups in total. The van der Waals surface area contributed by atoms with Crippen LogP contribution in [0.25, 0.3) is 6.08 Å². The molecule has 0 saturated heterocycles. The normalized spacial score (nSPS) is 17.2. The van der Waals surface area contributed by atoms with Crippen molar-refractivity contribution in [1.82, 2.24) is 5.32 Å². The summed E-state index contributed by atoms with van der Waals surface area (Å²) in [7, 11) is 1.51. The quantitative estimate of drug-likeness (QED) is 0.539. The van der Waals surface area contributed by atoms with E-state index < -0.39 is 5.97 Å². The van der Waals surface area contributed by atoms with Gasteiger partial charge in [0.2, 0.25) is 0 Å². The van der Waals surface area contributed by atoms with Gasteiger partial charge in [-0.2, -0.15) is 10.1 Å². The minimum atomic E-state index is -1.04. The highest BCUT2D eigenvalue weighted by Gasteiger charge is 2.29. The Balaban J connectivity index is 1.44. The molecule has 4 rings (SSSR count). The topological polar surface area (TPSA) is 118 Å². The van der Waals surface area contributed by atoms with E-state index in [1.54, 1.807) is 43.3 Å². The molecular formula is C27H29N3O6. The third kappa shape index (κ3) is 5.73. The summed E-state index contributed by atoms with van der Waals surface area (Å²) in [4.78, 5) is 36.4. The highest BCUT2D eigenvalue weighted by molar-refractivity contribution is 6.32. The second-order valence-electron chi connectivity index (χ2n) is 8.81. The van der Waals surface area contributed by atoms with Gasteiger partial charge in [-0.3, -0.25) is 9.59 Å². The molecule has 0 aromatic heterocycles. The summed E-state index contributed by atoms with van der Waals surface area (Å²) in [6.07, 6.45) is 7.21. The summed E-state index contributed by atoms with van der Waals surface area (Å²) >= 11 is 0. The SMILES string of the molecule is COc1cc(C=C2C(=O)N(c3ccc(C(=O)O)cc3)N=C2C)ccc1OCC(=O)NC1CCCCC1. The molecule has 0 radical (unpaired) electrons. The van der Waals surface area contributed by atoms with E-state index in [0.717, 1.165) is 25.7 Å². The maximum Gasteiger partial charge on any atom is 0.335 e.